The van der Waals surface area contributed by atoms with Gasteiger partial charge in [-0.25, -0.2) is 0 Å². The third kappa shape index (κ3) is 8.07. The maximum Gasteiger partial charge on any atom is 0.306 e. The summed E-state index contributed by atoms with van der Waals surface area (Å²) in [4.78, 5) is 12.4. The van der Waals surface area contributed by atoms with Crippen LogP contribution in [0.3, 0.4) is 0 Å². The number of unbranched alkanes of at least 4 members (excludes halogenated alkanes) is 8. The number of esters is 1. The van der Waals surface area contributed by atoms with Crippen LogP contribution in [-0.4, -0.2) is 110 Å². The lowest BCUT2D eigenvalue weighted by Crippen LogP contribution is -2.67. The molecule has 1 aliphatic heterocycles. The lowest BCUT2D eigenvalue weighted by atomic mass is 9.84. The number of carbonyl (C=O) groups is 1. The fourth-order valence-electron chi connectivity index (χ4n) is 4.32. The van der Waals surface area contributed by atoms with Crippen LogP contribution in [0.15, 0.2) is 0 Å². The van der Waals surface area contributed by atoms with E-state index in [-0.39, 0.29) is 13.0 Å². The van der Waals surface area contributed by atoms with Gasteiger partial charge in [-0.2, -0.15) is 0 Å². The van der Waals surface area contributed by atoms with E-state index in [1.54, 1.807) is 0 Å². The highest BCUT2D eigenvalue weighted by Crippen LogP contribution is 2.30. The predicted molar refractivity (Wildman–Crippen MR) is 118 cm³/mol. The molecule has 0 bridgehead atoms. The molecule has 0 aromatic heterocycles. The molecular weight excluding hydrogens is 452 g/mol. The van der Waals surface area contributed by atoms with Gasteiger partial charge in [0.05, 0.1) is 6.61 Å². The molecule has 1 heterocycles. The van der Waals surface area contributed by atoms with Gasteiger partial charge in [0.15, 0.2) is 12.4 Å². The van der Waals surface area contributed by atoms with E-state index in [9.17, 15) is 40.5 Å². The van der Waals surface area contributed by atoms with E-state index in [1.165, 1.54) is 25.7 Å². The van der Waals surface area contributed by atoms with E-state index < -0.39 is 67.2 Å². The summed E-state index contributed by atoms with van der Waals surface area (Å²) in [5.74, 6) is -0.669. The molecule has 7 N–H and O–H groups in total. The first-order valence-corrected chi connectivity index (χ1v) is 12.4. The molecule has 34 heavy (non-hydrogen) atoms. The quantitative estimate of drug-likeness (QED) is 0.124. The zero-order valence-electron chi connectivity index (χ0n) is 19.8. The molecular formula is C23H42O11. The number of hydrogen-bond acceptors (Lipinski definition) is 11. The van der Waals surface area contributed by atoms with Crippen LogP contribution in [0, 0.1) is 0 Å². The van der Waals surface area contributed by atoms with Gasteiger partial charge in [0.25, 0.3) is 0 Å². The molecule has 0 spiro atoms. The van der Waals surface area contributed by atoms with Crippen molar-refractivity contribution >= 4 is 5.97 Å². The van der Waals surface area contributed by atoms with Crippen LogP contribution in [-0.2, 0) is 19.0 Å². The third-order valence-electron chi connectivity index (χ3n) is 6.54. The molecule has 11 nitrogen and oxygen atoms in total. The summed E-state index contributed by atoms with van der Waals surface area (Å²) in [6, 6.07) is 0. The van der Waals surface area contributed by atoms with E-state index in [0.717, 1.165) is 25.7 Å². The van der Waals surface area contributed by atoms with Gasteiger partial charge < -0.3 is 50.0 Å². The maximum atomic E-state index is 12.4. The topological polar surface area (TPSA) is 186 Å². The monoisotopic (exact) mass is 494 g/mol. The maximum absolute atomic E-state index is 12.4. The second-order valence-electron chi connectivity index (χ2n) is 9.35. The fraction of sp³-hybridized carbons (Fsp3) is 0.957. The fourth-order valence-corrected chi connectivity index (χ4v) is 4.32. The highest BCUT2D eigenvalue weighted by molar-refractivity contribution is 5.69. The van der Waals surface area contributed by atoms with E-state index >= 15 is 0 Å². The molecule has 0 amide bonds. The Kier molecular flexibility index (Phi) is 12.6. The molecule has 1 aliphatic carbocycles. The van der Waals surface area contributed by atoms with Crippen molar-refractivity contribution in [1.29, 1.82) is 0 Å². The van der Waals surface area contributed by atoms with Gasteiger partial charge in [-0.1, -0.05) is 58.3 Å². The molecule has 0 unspecified atom stereocenters. The smallest absolute Gasteiger partial charge is 0.306 e. The summed E-state index contributed by atoms with van der Waals surface area (Å²) in [6.45, 7) is 1.80. The number of hydrogen-bond donors (Lipinski definition) is 7. The Labute approximate surface area is 200 Å². The van der Waals surface area contributed by atoms with Crippen molar-refractivity contribution < 1.29 is 54.8 Å². The molecule has 1 saturated carbocycles. The summed E-state index contributed by atoms with van der Waals surface area (Å²) in [5, 5.41) is 70.4. The van der Waals surface area contributed by atoms with Gasteiger partial charge in [-0.15, -0.1) is 0 Å². The first-order chi connectivity index (χ1) is 16.2. The summed E-state index contributed by atoms with van der Waals surface area (Å²) >= 11 is 0. The van der Waals surface area contributed by atoms with Crippen molar-refractivity contribution in [1.82, 2.24) is 0 Å². The molecule has 2 fully saturated rings. The molecule has 200 valence electrons. The number of ether oxygens (including phenoxy) is 3. The number of rotatable bonds is 13. The zero-order chi connectivity index (χ0) is 25.3. The van der Waals surface area contributed by atoms with Gasteiger partial charge in [0.2, 0.25) is 0 Å². The molecule has 1 saturated heterocycles. The molecule has 0 aromatic carbocycles. The van der Waals surface area contributed by atoms with Crippen LogP contribution in [0.1, 0.15) is 71.1 Å². The van der Waals surface area contributed by atoms with E-state index in [1.807, 2.05) is 0 Å². The Bertz CT molecular complexity index is 591. The Morgan fingerprint density at radius 3 is 1.82 bits per heavy atom. The largest absolute Gasteiger partial charge is 0.457 e. The van der Waals surface area contributed by atoms with E-state index in [4.69, 9.17) is 14.2 Å². The first-order valence-electron chi connectivity index (χ1n) is 12.4. The summed E-state index contributed by atoms with van der Waals surface area (Å²) in [5.41, 5.74) is 0. The Morgan fingerprint density at radius 1 is 0.706 bits per heavy atom. The second kappa shape index (κ2) is 14.6. The molecule has 2 aliphatic rings. The van der Waals surface area contributed by atoms with Crippen molar-refractivity contribution in [2.45, 2.75) is 132 Å². The van der Waals surface area contributed by atoms with Crippen LogP contribution in [0.2, 0.25) is 0 Å². The van der Waals surface area contributed by atoms with Crippen molar-refractivity contribution in [3.8, 4) is 0 Å². The minimum Gasteiger partial charge on any atom is -0.457 e. The van der Waals surface area contributed by atoms with Gasteiger partial charge in [0, 0.05) is 6.42 Å². The van der Waals surface area contributed by atoms with Crippen LogP contribution >= 0.6 is 0 Å². The van der Waals surface area contributed by atoms with E-state index in [0.29, 0.717) is 6.42 Å². The van der Waals surface area contributed by atoms with Crippen molar-refractivity contribution in [2.24, 2.45) is 0 Å². The highest BCUT2D eigenvalue weighted by Gasteiger charge is 2.53. The average Bonchev–Trinajstić information content (AvgIpc) is 2.82. The Morgan fingerprint density at radius 2 is 1.24 bits per heavy atom. The second-order valence-corrected chi connectivity index (χ2v) is 9.35. The van der Waals surface area contributed by atoms with Crippen LogP contribution in [0.25, 0.3) is 0 Å². The lowest BCUT2D eigenvalue weighted by Gasteiger charge is -2.45. The minimum absolute atomic E-state index is 0.0635. The van der Waals surface area contributed by atoms with E-state index in [2.05, 4.69) is 6.92 Å². The summed E-state index contributed by atoms with van der Waals surface area (Å²) in [6.07, 6.45) is -6.85. The van der Waals surface area contributed by atoms with Gasteiger partial charge in [0.1, 0.15) is 48.8 Å². The van der Waals surface area contributed by atoms with Crippen LogP contribution < -0.4 is 0 Å². The number of aliphatic hydroxyl groups excluding tert-OH is 7. The SMILES string of the molecule is CCCCCCCCCCCC(=O)O[C@@H]1[C@H](O)[C@@H](O)[C@H](O)[C@@H](O)[C@@H]1O[C@@H]1OC[C@@H](O)[C@H](O)[C@H]1O. The summed E-state index contributed by atoms with van der Waals surface area (Å²) < 4.78 is 15.9. The number of aliphatic hydroxyl groups is 7. The predicted octanol–water partition coefficient (Wildman–Crippen LogP) is -0.899. The van der Waals surface area contributed by atoms with Crippen molar-refractivity contribution in [3.63, 3.8) is 0 Å². The van der Waals surface area contributed by atoms with Gasteiger partial charge >= 0.3 is 5.97 Å². The van der Waals surface area contributed by atoms with Gasteiger partial charge in [-0.05, 0) is 6.42 Å². The summed E-state index contributed by atoms with van der Waals surface area (Å²) in [7, 11) is 0. The van der Waals surface area contributed by atoms with Gasteiger partial charge in [-0.3, -0.25) is 4.79 Å². The third-order valence-corrected chi connectivity index (χ3v) is 6.54. The standard InChI is InChI=1S/C23H42O11/c1-2-3-4-5-6-7-8-9-10-11-14(25)33-21-18(29)16(27)17(28)19(30)22(21)34-23-20(31)15(26)13(24)12-32-23/h13,15-24,26-31H,2-12H2,1H3/t13-,15+,16+,17+,18-,19-,20-,21-,22+,23+/m1/s1. The van der Waals surface area contributed by atoms with Crippen LogP contribution in [0.4, 0.5) is 0 Å². The molecule has 10 atom stereocenters. The van der Waals surface area contributed by atoms with Crippen LogP contribution in [0.5, 0.6) is 0 Å². The minimum atomic E-state index is -1.82. The van der Waals surface area contributed by atoms with Crippen molar-refractivity contribution in [2.75, 3.05) is 6.61 Å². The first kappa shape index (κ1) is 29.3. The molecule has 0 radical (unpaired) electrons. The molecule has 2 rings (SSSR count). The van der Waals surface area contributed by atoms with Crippen molar-refractivity contribution in [3.05, 3.63) is 0 Å². The lowest BCUT2D eigenvalue weighted by molar-refractivity contribution is -0.322. The number of carbonyl (C=O) groups excluding carboxylic acids is 1. The normalized spacial score (nSPS) is 38.6. The highest BCUT2D eigenvalue weighted by atomic mass is 16.7. The Hall–Kier alpha value is -0.890. The Balaban J connectivity index is 1.87. The average molecular weight is 495 g/mol. The molecule has 11 heteroatoms. The molecule has 0 aromatic rings. The zero-order valence-corrected chi connectivity index (χ0v) is 19.8.